The molecule has 8 heteroatoms. The lowest BCUT2D eigenvalue weighted by atomic mass is 10.1. The van der Waals surface area contributed by atoms with Gasteiger partial charge in [0.1, 0.15) is 16.8 Å². The lowest BCUT2D eigenvalue weighted by Gasteiger charge is -2.25. The maximum atomic E-state index is 12.8. The van der Waals surface area contributed by atoms with E-state index < -0.39 is 5.60 Å². The summed E-state index contributed by atoms with van der Waals surface area (Å²) in [4.78, 5) is 14.3. The van der Waals surface area contributed by atoms with Crippen LogP contribution < -0.4 is 10.1 Å². The summed E-state index contributed by atoms with van der Waals surface area (Å²) in [6, 6.07) is 19.5. The Morgan fingerprint density at radius 2 is 1.67 bits per heavy atom. The average molecular weight is 441 g/mol. The predicted molar refractivity (Wildman–Crippen MR) is 119 cm³/mol. The Hall–Kier alpha value is -3.09. The van der Waals surface area contributed by atoms with Crippen molar-refractivity contribution in [3.63, 3.8) is 0 Å². The summed E-state index contributed by atoms with van der Waals surface area (Å²) in [7, 11) is 0. The van der Waals surface area contributed by atoms with Crippen molar-refractivity contribution in [2.24, 2.45) is 0 Å². The molecule has 0 spiro atoms. The van der Waals surface area contributed by atoms with E-state index in [1.165, 1.54) is 4.80 Å². The van der Waals surface area contributed by atoms with E-state index in [1.807, 2.05) is 12.1 Å². The first-order chi connectivity index (χ1) is 14.3. The minimum atomic E-state index is -1.10. The number of halogens is 2. The number of hydrogen-bond donors (Lipinski definition) is 1. The molecule has 0 aliphatic heterocycles. The Bertz CT molecular complexity index is 1220. The molecule has 0 saturated carbocycles. The Morgan fingerprint density at radius 1 is 0.933 bits per heavy atom. The van der Waals surface area contributed by atoms with Crippen LogP contribution in [0.1, 0.15) is 13.8 Å². The number of hydrogen-bond acceptors (Lipinski definition) is 4. The van der Waals surface area contributed by atoms with Crippen LogP contribution in [-0.4, -0.2) is 26.5 Å². The van der Waals surface area contributed by atoms with E-state index in [-0.39, 0.29) is 5.91 Å². The first-order valence-corrected chi connectivity index (χ1v) is 9.95. The van der Waals surface area contributed by atoms with Crippen molar-refractivity contribution in [1.29, 1.82) is 0 Å². The highest BCUT2D eigenvalue weighted by Gasteiger charge is 2.30. The van der Waals surface area contributed by atoms with Gasteiger partial charge in [0.05, 0.1) is 5.69 Å². The van der Waals surface area contributed by atoms with Gasteiger partial charge in [0.15, 0.2) is 5.60 Å². The normalized spacial score (nSPS) is 11.5. The van der Waals surface area contributed by atoms with Gasteiger partial charge in [-0.3, -0.25) is 4.79 Å². The van der Waals surface area contributed by atoms with Crippen LogP contribution in [0.25, 0.3) is 16.7 Å². The fourth-order valence-corrected chi connectivity index (χ4v) is 3.14. The topological polar surface area (TPSA) is 69.0 Å². The number of amides is 1. The molecule has 1 heterocycles. The van der Waals surface area contributed by atoms with Gasteiger partial charge in [-0.1, -0.05) is 29.3 Å². The molecule has 0 bridgehead atoms. The van der Waals surface area contributed by atoms with Crippen LogP contribution in [0.15, 0.2) is 66.7 Å². The zero-order valence-electron chi connectivity index (χ0n) is 16.3. The van der Waals surface area contributed by atoms with Gasteiger partial charge >= 0.3 is 0 Å². The number of fused-ring (bicyclic) bond motifs is 1. The average Bonchev–Trinajstić information content (AvgIpc) is 3.13. The summed E-state index contributed by atoms with van der Waals surface area (Å²) in [5.74, 6) is 0.263. The van der Waals surface area contributed by atoms with Crippen LogP contribution in [0, 0.1) is 0 Å². The SMILES string of the molecule is CC(C)(Oc1ccc(Cl)cc1)C(=O)Nc1ccc2nn(-c3cccc(Cl)c3)nc2c1. The van der Waals surface area contributed by atoms with Crippen molar-refractivity contribution in [1.82, 2.24) is 15.0 Å². The molecule has 0 unspecified atom stereocenters. The number of aromatic nitrogens is 3. The first kappa shape index (κ1) is 20.2. The molecule has 1 aromatic heterocycles. The van der Waals surface area contributed by atoms with Gasteiger partial charge in [-0.15, -0.1) is 10.2 Å². The number of benzene rings is 3. The molecule has 0 radical (unpaired) electrons. The van der Waals surface area contributed by atoms with Gasteiger partial charge in [-0.25, -0.2) is 0 Å². The maximum Gasteiger partial charge on any atom is 0.267 e. The molecule has 0 fully saturated rings. The molecule has 4 aromatic rings. The van der Waals surface area contributed by atoms with Crippen molar-refractivity contribution in [2.45, 2.75) is 19.4 Å². The predicted octanol–water partition coefficient (Wildman–Crippen LogP) is 5.52. The van der Waals surface area contributed by atoms with Crippen molar-refractivity contribution in [3.05, 3.63) is 76.8 Å². The summed E-state index contributed by atoms with van der Waals surface area (Å²) >= 11 is 11.9. The van der Waals surface area contributed by atoms with Gasteiger partial charge in [0.25, 0.3) is 5.91 Å². The third-order valence-corrected chi connectivity index (χ3v) is 4.90. The molecule has 0 aliphatic rings. The van der Waals surface area contributed by atoms with Gasteiger partial charge in [-0.05, 0) is 74.5 Å². The fraction of sp³-hybridized carbons (Fsp3) is 0.136. The van der Waals surface area contributed by atoms with E-state index in [0.29, 0.717) is 32.5 Å². The van der Waals surface area contributed by atoms with Gasteiger partial charge in [0.2, 0.25) is 0 Å². The Kier molecular flexibility index (Phi) is 5.37. The second kappa shape index (κ2) is 7.97. The Balaban J connectivity index is 1.52. The number of carbonyl (C=O) groups excluding carboxylic acids is 1. The quantitative estimate of drug-likeness (QED) is 0.443. The van der Waals surface area contributed by atoms with Crippen LogP contribution in [0.5, 0.6) is 5.75 Å². The van der Waals surface area contributed by atoms with Crippen LogP contribution >= 0.6 is 23.2 Å². The van der Waals surface area contributed by atoms with Crippen molar-refractivity contribution in [3.8, 4) is 11.4 Å². The Morgan fingerprint density at radius 3 is 2.40 bits per heavy atom. The smallest absolute Gasteiger partial charge is 0.267 e. The minimum Gasteiger partial charge on any atom is -0.478 e. The summed E-state index contributed by atoms with van der Waals surface area (Å²) in [6.45, 7) is 3.40. The van der Waals surface area contributed by atoms with E-state index in [1.54, 1.807) is 68.4 Å². The molecule has 4 rings (SSSR count). The second-order valence-electron chi connectivity index (χ2n) is 7.19. The monoisotopic (exact) mass is 440 g/mol. The number of ether oxygens (including phenoxy) is 1. The van der Waals surface area contributed by atoms with E-state index >= 15 is 0 Å². The molecule has 6 nitrogen and oxygen atoms in total. The van der Waals surface area contributed by atoms with Crippen molar-refractivity contribution in [2.75, 3.05) is 5.32 Å². The zero-order valence-corrected chi connectivity index (χ0v) is 17.8. The molecule has 152 valence electrons. The van der Waals surface area contributed by atoms with Crippen LogP contribution in [-0.2, 0) is 4.79 Å². The largest absolute Gasteiger partial charge is 0.478 e. The van der Waals surface area contributed by atoms with Gasteiger partial charge in [-0.2, -0.15) is 4.80 Å². The fourth-order valence-electron chi connectivity index (χ4n) is 2.83. The summed E-state index contributed by atoms with van der Waals surface area (Å²) in [6.07, 6.45) is 0. The maximum absolute atomic E-state index is 12.8. The van der Waals surface area contributed by atoms with E-state index in [9.17, 15) is 4.79 Å². The summed E-state index contributed by atoms with van der Waals surface area (Å²) < 4.78 is 5.84. The third-order valence-electron chi connectivity index (χ3n) is 4.41. The van der Waals surface area contributed by atoms with Crippen LogP contribution in [0.2, 0.25) is 10.0 Å². The first-order valence-electron chi connectivity index (χ1n) is 9.19. The third kappa shape index (κ3) is 4.40. The highest BCUT2D eigenvalue weighted by atomic mass is 35.5. The number of anilines is 1. The highest BCUT2D eigenvalue weighted by Crippen LogP contribution is 2.23. The minimum absolute atomic E-state index is 0.293. The van der Waals surface area contributed by atoms with Crippen LogP contribution in [0.4, 0.5) is 5.69 Å². The standard InChI is InChI=1S/C22H18Cl2N4O2/c1-22(2,30-18-9-6-14(23)7-10-18)21(29)25-16-8-11-19-20(13-16)27-28(26-19)17-5-3-4-15(24)12-17/h3-13H,1-2H3,(H,25,29). The second-order valence-corrected chi connectivity index (χ2v) is 8.07. The molecular weight excluding hydrogens is 423 g/mol. The molecule has 0 saturated heterocycles. The lowest BCUT2D eigenvalue weighted by Crippen LogP contribution is -2.42. The highest BCUT2D eigenvalue weighted by molar-refractivity contribution is 6.31. The molecule has 3 aromatic carbocycles. The molecule has 0 aliphatic carbocycles. The molecule has 1 N–H and O–H groups in total. The van der Waals surface area contributed by atoms with E-state index in [0.717, 1.165) is 5.69 Å². The number of nitrogens with one attached hydrogen (secondary N) is 1. The summed E-state index contributed by atoms with van der Waals surface area (Å²) in [5.41, 5.74) is 1.59. The molecule has 30 heavy (non-hydrogen) atoms. The van der Waals surface area contributed by atoms with Crippen LogP contribution in [0.3, 0.4) is 0 Å². The molecular formula is C22H18Cl2N4O2. The number of nitrogens with zero attached hydrogens (tertiary/aromatic N) is 3. The van der Waals surface area contributed by atoms with Gasteiger partial charge < -0.3 is 10.1 Å². The molecule has 0 atom stereocenters. The van der Waals surface area contributed by atoms with Gasteiger partial charge in [0, 0.05) is 15.7 Å². The summed E-state index contributed by atoms with van der Waals surface area (Å²) in [5, 5.41) is 13.0. The van der Waals surface area contributed by atoms with E-state index in [4.69, 9.17) is 27.9 Å². The zero-order chi connectivity index (χ0) is 21.3. The number of rotatable bonds is 5. The lowest BCUT2D eigenvalue weighted by molar-refractivity contribution is -0.128. The van der Waals surface area contributed by atoms with E-state index in [2.05, 4.69) is 15.5 Å². The number of carbonyl (C=O) groups is 1. The Labute approximate surface area is 183 Å². The molecule has 1 amide bonds. The van der Waals surface area contributed by atoms with Crippen molar-refractivity contribution < 1.29 is 9.53 Å². The van der Waals surface area contributed by atoms with Crippen molar-refractivity contribution >= 4 is 45.8 Å².